The first-order valence-electron chi connectivity index (χ1n) is 7.69. The Kier molecular flexibility index (Phi) is 4.89. The molecule has 1 amide bonds. The minimum Gasteiger partial charge on any atom is -0.490 e. The van der Waals surface area contributed by atoms with Crippen molar-refractivity contribution in [1.82, 2.24) is 4.90 Å². The molecule has 0 aromatic heterocycles. The SMILES string of the molecule is C=CC(=O)N1CCC(Oc2ccc(F)cc2C(C)(C)C)CC1. The van der Waals surface area contributed by atoms with Crippen LogP contribution in [0.25, 0.3) is 0 Å². The van der Waals surface area contributed by atoms with E-state index in [0.717, 1.165) is 24.2 Å². The maximum absolute atomic E-state index is 13.5. The zero-order chi connectivity index (χ0) is 16.3. The van der Waals surface area contributed by atoms with Gasteiger partial charge in [0.05, 0.1) is 0 Å². The van der Waals surface area contributed by atoms with E-state index in [0.29, 0.717) is 13.1 Å². The summed E-state index contributed by atoms with van der Waals surface area (Å²) in [6.45, 7) is 11.0. The van der Waals surface area contributed by atoms with E-state index in [1.54, 1.807) is 17.0 Å². The standard InChI is InChI=1S/C18H24FNO2/c1-5-17(21)20-10-8-14(9-11-20)22-16-7-6-13(19)12-15(16)18(2,3)4/h5-7,12,14H,1,8-11H2,2-4H3. The molecule has 0 bridgehead atoms. The Morgan fingerprint density at radius 3 is 2.55 bits per heavy atom. The third kappa shape index (κ3) is 3.87. The third-order valence-electron chi connectivity index (χ3n) is 3.97. The molecule has 2 rings (SSSR count). The number of hydrogen-bond acceptors (Lipinski definition) is 2. The zero-order valence-electron chi connectivity index (χ0n) is 13.6. The van der Waals surface area contributed by atoms with Gasteiger partial charge in [-0.2, -0.15) is 0 Å². The highest BCUT2D eigenvalue weighted by atomic mass is 19.1. The first-order valence-corrected chi connectivity index (χ1v) is 7.69. The van der Waals surface area contributed by atoms with Crippen LogP contribution in [0.15, 0.2) is 30.9 Å². The minimum absolute atomic E-state index is 0.0318. The van der Waals surface area contributed by atoms with Crippen LogP contribution in [0.5, 0.6) is 5.75 Å². The maximum Gasteiger partial charge on any atom is 0.245 e. The average molecular weight is 305 g/mol. The van der Waals surface area contributed by atoms with Crippen molar-refractivity contribution < 1.29 is 13.9 Å². The molecule has 0 N–H and O–H groups in total. The molecule has 0 aliphatic carbocycles. The summed E-state index contributed by atoms with van der Waals surface area (Å²) >= 11 is 0. The number of carbonyl (C=O) groups excluding carboxylic acids is 1. The molecule has 1 aromatic carbocycles. The fraction of sp³-hybridized carbons (Fsp3) is 0.500. The average Bonchev–Trinajstić information content (AvgIpc) is 2.48. The summed E-state index contributed by atoms with van der Waals surface area (Å²) in [6.07, 6.45) is 2.96. The number of rotatable bonds is 3. The fourth-order valence-corrected chi connectivity index (χ4v) is 2.69. The van der Waals surface area contributed by atoms with Crippen LogP contribution in [0.1, 0.15) is 39.2 Å². The van der Waals surface area contributed by atoms with Crippen LogP contribution in [0.2, 0.25) is 0 Å². The number of nitrogens with zero attached hydrogens (tertiary/aromatic N) is 1. The van der Waals surface area contributed by atoms with Gasteiger partial charge in [0, 0.05) is 31.5 Å². The van der Waals surface area contributed by atoms with E-state index in [1.807, 2.05) is 20.8 Å². The topological polar surface area (TPSA) is 29.5 Å². The van der Waals surface area contributed by atoms with Crippen LogP contribution in [0.4, 0.5) is 4.39 Å². The van der Waals surface area contributed by atoms with Crippen molar-refractivity contribution in [2.24, 2.45) is 0 Å². The fourth-order valence-electron chi connectivity index (χ4n) is 2.69. The Balaban J connectivity index is 2.07. The molecule has 0 spiro atoms. The highest BCUT2D eigenvalue weighted by Crippen LogP contribution is 2.33. The summed E-state index contributed by atoms with van der Waals surface area (Å²) in [5.74, 6) is 0.460. The van der Waals surface area contributed by atoms with E-state index in [2.05, 4.69) is 6.58 Å². The lowest BCUT2D eigenvalue weighted by atomic mass is 9.86. The van der Waals surface area contributed by atoms with E-state index in [4.69, 9.17) is 4.74 Å². The van der Waals surface area contributed by atoms with Crippen molar-refractivity contribution >= 4 is 5.91 Å². The van der Waals surface area contributed by atoms with Gasteiger partial charge in [-0.15, -0.1) is 0 Å². The summed E-state index contributed by atoms with van der Waals surface area (Å²) in [6, 6.07) is 4.68. The number of benzene rings is 1. The number of piperidine rings is 1. The maximum atomic E-state index is 13.5. The van der Waals surface area contributed by atoms with Gasteiger partial charge in [-0.05, 0) is 29.7 Å². The van der Waals surface area contributed by atoms with Crippen molar-refractivity contribution in [2.75, 3.05) is 13.1 Å². The van der Waals surface area contributed by atoms with Crippen LogP contribution in [-0.4, -0.2) is 30.0 Å². The second-order valence-electron chi connectivity index (χ2n) is 6.74. The van der Waals surface area contributed by atoms with Crippen LogP contribution < -0.4 is 4.74 Å². The second-order valence-corrected chi connectivity index (χ2v) is 6.74. The van der Waals surface area contributed by atoms with Crippen molar-refractivity contribution in [3.8, 4) is 5.75 Å². The van der Waals surface area contributed by atoms with Crippen LogP contribution in [0.3, 0.4) is 0 Å². The molecular weight excluding hydrogens is 281 g/mol. The van der Waals surface area contributed by atoms with Crippen molar-refractivity contribution in [3.05, 3.63) is 42.2 Å². The summed E-state index contributed by atoms with van der Waals surface area (Å²) in [4.78, 5) is 13.4. The van der Waals surface area contributed by atoms with Crippen LogP contribution in [-0.2, 0) is 10.2 Å². The lowest BCUT2D eigenvalue weighted by Crippen LogP contribution is -2.41. The van der Waals surface area contributed by atoms with Crippen LogP contribution >= 0.6 is 0 Å². The molecule has 3 nitrogen and oxygen atoms in total. The molecule has 0 saturated carbocycles. The third-order valence-corrected chi connectivity index (χ3v) is 3.97. The highest BCUT2D eigenvalue weighted by Gasteiger charge is 2.25. The Morgan fingerprint density at radius 2 is 2.00 bits per heavy atom. The largest absolute Gasteiger partial charge is 0.490 e. The molecule has 0 radical (unpaired) electrons. The van der Waals surface area contributed by atoms with Gasteiger partial charge in [0.1, 0.15) is 17.7 Å². The number of hydrogen-bond donors (Lipinski definition) is 0. The van der Waals surface area contributed by atoms with Gasteiger partial charge in [-0.25, -0.2) is 4.39 Å². The van der Waals surface area contributed by atoms with Crippen molar-refractivity contribution in [3.63, 3.8) is 0 Å². The van der Waals surface area contributed by atoms with Gasteiger partial charge in [0.2, 0.25) is 5.91 Å². The van der Waals surface area contributed by atoms with Crippen molar-refractivity contribution in [1.29, 1.82) is 0 Å². The van der Waals surface area contributed by atoms with E-state index in [9.17, 15) is 9.18 Å². The Labute approximate surface area is 131 Å². The van der Waals surface area contributed by atoms with Gasteiger partial charge in [-0.1, -0.05) is 27.4 Å². The minimum atomic E-state index is -0.247. The number of halogens is 1. The predicted molar refractivity (Wildman–Crippen MR) is 85.5 cm³/mol. The molecule has 1 aromatic rings. The monoisotopic (exact) mass is 305 g/mol. The van der Waals surface area contributed by atoms with Gasteiger partial charge >= 0.3 is 0 Å². The van der Waals surface area contributed by atoms with E-state index in [1.165, 1.54) is 12.1 Å². The Bertz CT molecular complexity index is 555. The molecule has 1 aliphatic rings. The molecule has 1 fully saturated rings. The van der Waals surface area contributed by atoms with E-state index >= 15 is 0 Å². The molecule has 1 heterocycles. The first kappa shape index (κ1) is 16.5. The smallest absolute Gasteiger partial charge is 0.245 e. The highest BCUT2D eigenvalue weighted by molar-refractivity contribution is 5.87. The summed E-state index contributed by atoms with van der Waals surface area (Å²) in [5.41, 5.74) is 0.689. The van der Waals surface area contributed by atoms with Gasteiger partial charge in [0.15, 0.2) is 0 Å². The number of likely N-dealkylation sites (tertiary alicyclic amines) is 1. The summed E-state index contributed by atoms with van der Waals surface area (Å²) < 4.78 is 19.6. The van der Waals surface area contributed by atoms with Gasteiger partial charge in [-0.3, -0.25) is 4.79 Å². The predicted octanol–water partition coefficient (Wildman–Crippen LogP) is 3.68. The number of ether oxygens (including phenoxy) is 1. The van der Waals surface area contributed by atoms with Gasteiger partial charge in [0.25, 0.3) is 0 Å². The molecular formula is C18H24FNO2. The molecule has 0 atom stereocenters. The molecule has 1 aliphatic heterocycles. The summed E-state index contributed by atoms with van der Waals surface area (Å²) in [7, 11) is 0. The lowest BCUT2D eigenvalue weighted by Gasteiger charge is -2.33. The molecule has 0 unspecified atom stereocenters. The Hall–Kier alpha value is -1.84. The molecule has 4 heteroatoms. The number of carbonyl (C=O) groups is 1. The molecule has 22 heavy (non-hydrogen) atoms. The lowest BCUT2D eigenvalue weighted by molar-refractivity contribution is -0.127. The quantitative estimate of drug-likeness (QED) is 0.797. The summed E-state index contributed by atoms with van der Waals surface area (Å²) in [5, 5.41) is 0. The second kappa shape index (κ2) is 6.51. The molecule has 120 valence electrons. The van der Waals surface area contributed by atoms with Crippen molar-refractivity contribution in [2.45, 2.75) is 45.1 Å². The van der Waals surface area contributed by atoms with Gasteiger partial charge < -0.3 is 9.64 Å². The first-order chi connectivity index (χ1) is 10.3. The van der Waals surface area contributed by atoms with Crippen LogP contribution in [0, 0.1) is 5.82 Å². The number of amides is 1. The zero-order valence-corrected chi connectivity index (χ0v) is 13.6. The normalized spacial score (nSPS) is 16.5. The Morgan fingerprint density at radius 1 is 1.36 bits per heavy atom. The molecule has 1 saturated heterocycles. The van der Waals surface area contributed by atoms with E-state index < -0.39 is 0 Å². The van der Waals surface area contributed by atoms with E-state index in [-0.39, 0.29) is 23.2 Å².